The Bertz CT molecular complexity index is 1470. The summed E-state index contributed by atoms with van der Waals surface area (Å²) in [7, 11) is -3.39. The van der Waals surface area contributed by atoms with E-state index in [0.717, 1.165) is 40.7 Å². The second-order valence-electron chi connectivity index (χ2n) is 10.0. The number of nitrogens with one attached hydrogen (secondary N) is 1. The summed E-state index contributed by atoms with van der Waals surface area (Å²) in [5, 5.41) is 0.987. The lowest BCUT2D eigenvalue weighted by Gasteiger charge is -2.49. The second kappa shape index (κ2) is 8.31. The van der Waals surface area contributed by atoms with Crippen LogP contribution in [-0.4, -0.2) is 50.1 Å². The molecule has 8 heteroatoms. The first-order valence-corrected chi connectivity index (χ1v) is 13.8. The van der Waals surface area contributed by atoms with Gasteiger partial charge < -0.3 is 9.88 Å². The molecular weight excluding hydrogens is 465 g/mol. The molecule has 6 nitrogen and oxygen atoms in total. The quantitative estimate of drug-likeness (QED) is 0.557. The van der Waals surface area contributed by atoms with E-state index in [9.17, 15) is 17.6 Å². The van der Waals surface area contributed by atoms with Gasteiger partial charge in [-0.05, 0) is 74.7 Å². The third-order valence-electron chi connectivity index (χ3n) is 7.40. The first-order valence-electron chi connectivity index (χ1n) is 11.9. The van der Waals surface area contributed by atoms with Crippen molar-refractivity contribution in [2.75, 3.05) is 30.8 Å². The minimum atomic E-state index is -3.39. The van der Waals surface area contributed by atoms with Crippen LogP contribution < -0.4 is 4.90 Å². The zero-order valence-electron chi connectivity index (χ0n) is 20.4. The van der Waals surface area contributed by atoms with Crippen molar-refractivity contribution < 1.29 is 17.6 Å². The van der Waals surface area contributed by atoms with Gasteiger partial charge in [-0.1, -0.05) is 6.08 Å². The fourth-order valence-electron chi connectivity index (χ4n) is 5.69. The smallest absolute Gasteiger partial charge is 0.234 e. The SMILES string of the molecule is CCN1C(=O)C(C)(C)C(N2CC=C(c3c[nH]c4cc(F)ccc34)CC2)c2cc(S(C)(=O)=O)ccc21. The van der Waals surface area contributed by atoms with Gasteiger partial charge in [0, 0.05) is 54.2 Å². The van der Waals surface area contributed by atoms with Crippen LogP contribution in [0.3, 0.4) is 0 Å². The van der Waals surface area contributed by atoms with Crippen LogP contribution in [0.15, 0.2) is 53.6 Å². The summed E-state index contributed by atoms with van der Waals surface area (Å²) in [6, 6.07) is 9.62. The third-order valence-corrected chi connectivity index (χ3v) is 8.51. The normalized spacial score (nSPS) is 20.7. The zero-order chi connectivity index (χ0) is 25.1. The Morgan fingerprint density at radius 1 is 1.17 bits per heavy atom. The number of aromatic amines is 1. The fraction of sp³-hybridized carbons (Fsp3) is 0.370. The molecule has 1 atom stereocenters. The maximum Gasteiger partial charge on any atom is 0.234 e. The predicted octanol–water partition coefficient (Wildman–Crippen LogP) is 4.93. The Kier molecular flexibility index (Phi) is 5.64. The van der Waals surface area contributed by atoms with Gasteiger partial charge in [0.25, 0.3) is 0 Å². The summed E-state index contributed by atoms with van der Waals surface area (Å²) >= 11 is 0. The number of rotatable bonds is 4. The van der Waals surface area contributed by atoms with Crippen molar-refractivity contribution in [3.63, 3.8) is 0 Å². The number of benzene rings is 2. The number of hydrogen-bond acceptors (Lipinski definition) is 4. The molecule has 184 valence electrons. The molecule has 3 heterocycles. The van der Waals surface area contributed by atoms with Crippen molar-refractivity contribution in [3.8, 4) is 0 Å². The van der Waals surface area contributed by atoms with Gasteiger partial charge in [-0.2, -0.15) is 0 Å². The molecule has 2 aliphatic rings. The minimum absolute atomic E-state index is 0.0398. The molecule has 0 bridgehead atoms. The molecule has 1 amide bonds. The number of carbonyl (C=O) groups is 1. The number of hydrogen-bond donors (Lipinski definition) is 1. The Balaban J connectivity index is 1.55. The molecule has 3 aromatic rings. The molecule has 0 fully saturated rings. The van der Waals surface area contributed by atoms with Crippen molar-refractivity contribution in [2.24, 2.45) is 5.41 Å². The van der Waals surface area contributed by atoms with Gasteiger partial charge in [0.15, 0.2) is 9.84 Å². The number of anilines is 1. The number of sulfone groups is 1. The average Bonchev–Trinajstić information content (AvgIpc) is 3.22. The number of nitrogens with zero attached hydrogens (tertiary/aromatic N) is 2. The highest BCUT2D eigenvalue weighted by molar-refractivity contribution is 7.90. The van der Waals surface area contributed by atoms with Crippen molar-refractivity contribution >= 4 is 37.9 Å². The number of aromatic nitrogens is 1. The van der Waals surface area contributed by atoms with Gasteiger partial charge in [-0.15, -0.1) is 0 Å². The molecule has 1 aromatic heterocycles. The molecule has 0 saturated carbocycles. The maximum atomic E-state index is 13.6. The third kappa shape index (κ3) is 3.89. The molecule has 0 spiro atoms. The topological polar surface area (TPSA) is 73.5 Å². The summed E-state index contributed by atoms with van der Waals surface area (Å²) in [5.41, 5.74) is 3.93. The molecule has 2 aliphatic heterocycles. The van der Waals surface area contributed by atoms with E-state index in [1.807, 2.05) is 27.0 Å². The number of amides is 1. The van der Waals surface area contributed by atoms with E-state index >= 15 is 0 Å². The van der Waals surface area contributed by atoms with Gasteiger partial charge in [0.2, 0.25) is 5.91 Å². The second-order valence-corrected chi connectivity index (χ2v) is 12.0. The standard InChI is InChI=1S/C27H30FN3O3S/c1-5-31-24-9-7-19(35(4,33)34)15-21(24)25(27(2,3)26(31)32)30-12-10-17(11-13-30)22-16-29-23-14-18(28)6-8-20(22)23/h6-10,14-16,25,29H,5,11-13H2,1-4H3. The molecular formula is C27H30FN3O3S. The van der Waals surface area contributed by atoms with Gasteiger partial charge in [0.1, 0.15) is 5.82 Å². The zero-order valence-corrected chi connectivity index (χ0v) is 21.2. The van der Waals surface area contributed by atoms with Gasteiger partial charge in [-0.3, -0.25) is 9.69 Å². The van der Waals surface area contributed by atoms with Crippen molar-refractivity contribution in [3.05, 3.63) is 65.6 Å². The lowest BCUT2D eigenvalue weighted by Crippen LogP contribution is -2.53. The first-order chi connectivity index (χ1) is 16.5. The summed E-state index contributed by atoms with van der Waals surface area (Å²) in [6.07, 6.45) is 6.07. The van der Waals surface area contributed by atoms with Gasteiger partial charge >= 0.3 is 0 Å². The monoisotopic (exact) mass is 495 g/mol. The maximum absolute atomic E-state index is 13.6. The van der Waals surface area contributed by atoms with Crippen LogP contribution in [0.4, 0.5) is 10.1 Å². The van der Waals surface area contributed by atoms with Crippen molar-refractivity contribution in [1.82, 2.24) is 9.88 Å². The first kappa shape index (κ1) is 23.8. The fourth-order valence-corrected chi connectivity index (χ4v) is 6.34. The Labute approximate surface area is 205 Å². The van der Waals surface area contributed by atoms with Crippen LogP contribution in [0.2, 0.25) is 0 Å². The molecule has 1 unspecified atom stereocenters. The van der Waals surface area contributed by atoms with E-state index in [4.69, 9.17) is 0 Å². The molecule has 0 radical (unpaired) electrons. The minimum Gasteiger partial charge on any atom is -0.360 e. The van der Waals surface area contributed by atoms with Crippen LogP contribution >= 0.6 is 0 Å². The number of halogens is 1. The molecule has 1 N–H and O–H groups in total. The van der Waals surface area contributed by atoms with Gasteiger partial charge in [-0.25, -0.2) is 12.8 Å². The molecule has 0 aliphatic carbocycles. The number of carbonyl (C=O) groups excluding carboxylic acids is 1. The number of H-pyrrole nitrogens is 1. The van der Waals surface area contributed by atoms with Crippen molar-refractivity contribution in [1.29, 1.82) is 0 Å². The molecule has 0 saturated heterocycles. The average molecular weight is 496 g/mol. The van der Waals surface area contributed by atoms with Crippen LogP contribution in [0.25, 0.3) is 16.5 Å². The van der Waals surface area contributed by atoms with Gasteiger partial charge in [0.05, 0.1) is 16.4 Å². The highest BCUT2D eigenvalue weighted by Gasteiger charge is 2.49. The summed E-state index contributed by atoms with van der Waals surface area (Å²) in [5.74, 6) is -0.231. The summed E-state index contributed by atoms with van der Waals surface area (Å²) in [6.45, 7) is 7.70. The summed E-state index contributed by atoms with van der Waals surface area (Å²) < 4.78 is 38.3. The molecule has 35 heavy (non-hydrogen) atoms. The van der Waals surface area contributed by atoms with E-state index in [-0.39, 0.29) is 22.7 Å². The van der Waals surface area contributed by atoms with Crippen molar-refractivity contribution in [2.45, 2.75) is 38.1 Å². The predicted molar refractivity (Wildman–Crippen MR) is 137 cm³/mol. The Hall–Kier alpha value is -2.97. The van der Waals surface area contributed by atoms with Crippen LogP contribution in [0.5, 0.6) is 0 Å². The van der Waals surface area contributed by atoms with Crippen LogP contribution in [0, 0.1) is 11.2 Å². The molecule has 5 rings (SSSR count). The highest BCUT2D eigenvalue weighted by atomic mass is 32.2. The van der Waals surface area contributed by atoms with Crippen LogP contribution in [0.1, 0.15) is 44.4 Å². The van der Waals surface area contributed by atoms with E-state index in [2.05, 4.69) is 16.0 Å². The van der Waals surface area contributed by atoms with E-state index < -0.39 is 15.3 Å². The van der Waals surface area contributed by atoms with Crippen LogP contribution in [-0.2, 0) is 14.6 Å². The van der Waals surface area contributed by atoms with E-state index in [0.29, 0.717) is 13.1 Å². The lowest BCUT2D eigenvalue weighted by atomic mass is 9.74. The Morgan fingerprint density at radius 2 is 1.94 bits per heavy atom. The molecule has 2 aromatic carbocycles. The van der Waals surface area contributed by atoms with E-state index in [1.54, 1.807) is 29.2 Å². The highest BCUT2D eigenvalue weighted by Crippen LogP contribution is 2.49. The largest absolute Gasteiger partial charge is 0.360 e. The number of fused-ring (bicyclic) bond motifs is 2. The summed E-state index contributed by atoms with van der Waals surface area (Å²) in [4.78, 5) is 21.0. The Morgan fingerprint density at radius 3 is 2.60 bits per heavy atom. The lowest BCUT2D eigenvalue weighted by molar-refractivity contribution is -0.131. The van der Waals surface area contributed by atoms with E-state index in [1.165, 1.54) is 24.0 Å².